The van der Waals surface area contributed by atoms with Crippen LogP contribution >= 0.6 is 0 Å². The number of allylic oxidation sites excluding steroid dienone is 1. The first-order valence-electron chi connectivity index (χ1n) is 3.33. The van der Waals surface area contributed by atoms with E-state index >= 15 is 0 Å². The molecule has 5 nitrogen and oxygen atoms in total. The smallest absolute Gasteiger partial charge is 0.287 e. The van der Waals surface area contributed by atoms with Crippen molar-refractivity contribution in [2.45, 2.75) is 13.3 Å². The SMILES string of the molecule is C=C(C=O)NOS(=O)(=O)CCC. The maximum atomic E-state index is 10.8. The zero-order valence-corrected chi connectivity index (χ0v) is 7.56. The Morgan fingerprint density at radius 1 is 1.67 bits per heavy atom. The van der Waals surface area contributed by atoms with E-state index < -0.39 is 10.1 Å². The number of aldehydes is 1. The highest BCUT2D eigenvalue weighted by atomic mass is 32.2. The van der Waals surface area contributed by atoms with E-state index in [-0.39, 0.29) is 11.4 Å². The average molecular weight is 193 g/mol. The normalized spacial score (nSPS) is 10.8. The molecule has 0 aliphatic carbocycles. The van der Waals surface area contributed by atoms with E-state index in [2.05, 4.69) is 10.9 Å². The predicted molar refractivity (Wildman–Crippen MR) is 43.5 cm³/mol. The third kappa shape index (κ3) is 4.86. The van der Waals surface area contributed by atoms with Gasteiger partial charge in [-0.15, -0.1) is 0 Å². The third-order valence-corrected chi connectivity index (χ3v) is 2.14. The summed E-state index contributed by atoms with van der Waals surface area (Å²) in [7, 11) is -3.57. The van der Waals surface area contributed by atoms with E-state index in [1.807, 2.05) is 5.48 Å². The van der Waals surface area contributed by atoms with E-state index in [4.69, 9.17) is 0 Å². The van der Waals surface area contributed by atoms with Gasteiger partial charge in [0, 0.05) is 0 Å². The summed E-state index contributed by atoms with van der Waals surface area (Å²) < 4.78 is 25.8. The number of hydroxylamine groups is 1. The van der Waals surface area contributed by atoms with Crippen LogP contribution in [0.4, 0.5) is 0 Å². The summed E-state index contributed by atoms with van der Waals surface area (Å²) in [6, 6.07) is 0. The van der Waals surface area contributed by atoms with E-state index in [1.54, 1.807) is 6.92 Å². The quantitative estimate of drug-likeness (QED) is 0.364. The second-order valence-electron chi connectivity index (χ2n) is 2.09. The van der Waals surface area contributed by atoms with E-state index in [0.29, 0.717) is 12.7 Å². The first-order chi connectivity index (χ1) is 5.52. The van der Waals surface area contributed by atoms with Gasteiger partial charge in [-0.25, -0.2) is 5.48 Å². The van der Waals surface area contributed by atoms with Gasteiger partial charge in [-0.2, -0.15) is 12.7 Å². The molecule has 0 rings (SSSR count). The van der Waals surface area contributed by atoms with Crippen LogP contribution in [-0.2, 0) is 19.2 Å². The molecule has 0 aromatic heterocycles. The monoisotopic (exact) mass is 193 g/mol. The summed E-state index contributed by atoms with van der Waals surface area (Å²) in [6.45, 7) is 4.87. The Labute approximate surface area is 71.5 Å². The van der Waals surface area contributed by atoms with Gasteiger partial charge in [0.15, 0.2) is 6.29 Å². The minimum atomic E-state index is -3.57. The maximum Gasteiger partial charge on any atom is 0.287 e. The van der Waals surface area contributed by atoms with Crippen LogP contribution in [0.15, 0.2) is 12.3 Å². The maximum absolute atomic E-state index is 10.8. The van der Waals surface area contributed by atoms with Crippen molar-refractivity contribution < 1.29 is 17.5 Å². The molecule has 0 aliphatic heterocycles. The van der Waals surface area contributed by atoms with Crippen molar-refractivity contribution >= 4 is 16.4 Å². The van der Waals surface area contributed by atoms with Crippen LogP contribution in [0.5, 0.6) is 0 Å². The molecule has 12 heavy (non-hydrogen) atoms. The highest BCUT2D eigenvalue weighted by Crippen LogP contribution is 1.93. The summed E-state index contributed by atoms with van der Waals surface area (Å²) in [4.78, 5) is 9.94. The minimum absolute atomic E-state index is 0.0911. The predicted octanol–water partition coefficient (Wildman–Crippen LogP) is -0.0400. The number of hydrogen-bond acceptors (Lipinski definition) is 5. The Bertz CT molecular complexity index is 257. The Hall–Kier alpha value is -0.880. The van der Waals surface area contributed by atoms with E-state index in [9.17, 15) is 13.2 Å². The number of carbonyl (C=O) groups is 1. The molecule has 0 atom stereocenters. The lowest BCUT2D eigenvalue weighted by molar-refractivity contribution is -0.105. The number of nitrogens with one attached hydrogen (secondary N) is 1. The molecule has 70 valence electrons. The number of rotatable bonds is 6. The van der Waals surface area contributed by atoms with Crippen molar-refractivity contribution in [3.05, 3.63) is 12.3 Å². The largest absolute Gasteiger partial charge is 0.296 e. The summed E-state index contributed by atoms with van der Waals surface area (Å²) >= 11 is 0. The van der Waals surface area contributed by atoms with Crippen LogP contribution in [0.1, 0.15) is 13.3 Å². The lowest BCUT2D eigenvalue weighted by Gasteiger charge is -2.03. The average Bonchev–Trinajstić information content (AvgIpc) is 2.00. The molecule has 0 spiro atoms. The Morgan fingerprint density at radius 3 is 2.67 bits per heavy atom. The van der Waals surface area contributed by atoms with Gasteiger partial charge in [-0.3, -0.25) is 4.79 Å². The van der Waals surface area contributed by atoms with Crippen LogP contribution < -0.4 is 5.48 Å². The van der Waals surface area contributed by atoms with Gasteiger partial charge in [-0.05, 0) is 6.42 Å². The molecular weight excluding hydrogens is 182 g/mol. The van der Waals surface area contributed by atoms with Crippen molar-refractivity contribution in [2.24, 2.45) is 0 Å². The molecule has 0 radical (unpaired) electrons. The molecule has 0 heterocycles. The molecule has 0 aliphatic rings. The fourth-order valence-electron chi connectivity index (χ4n) is 0.433. The van der Waals surface area contributed by atoms with Crippen LogP contribution in [0.2, 0.25) is 0 Å². The van der Waals surface area contributed by atoms with Gasteiger partial charge in [0.25, 0.3) is 10.1 Å². The van der Waals surface area contributed by atoms with Crippen LogP contribution in [0.25, 0.3) is 0 Å². The van der Waals surface area contributed by atoms with Crippen molar-refractivity contribution in [1.29, 1.82) is 0 Å². The topological polar surface area (TPSA) is 72.5 Å². The van der Waals surface area contributed by atoms with Gasteiger partial charge in [0.2, 0.25) is 0 Å². The van der Waals surface area contributed by atoms with Crippen molar-refractivity contribution in [1.82, 2.24) is 5.48 Å². The standard InChI is InChI=1S/C6H11NO4S/c1-3-4-12(9,10)11-7-6(2)5-8/h5,7H,2-4H2,1H3. The fraction of sp³-hybridized carbons (Fsp3) is 0.500. The van der Waals surface area contributed by atoms with Gasteiger partial charge in [0.05, 0.1) is 11.4 Å². The van der Waals surface area contributed by atoms with Crippen molar-refractivity contribution in [3.63, 3.8) is 0 Å². The zero-order chi connectivity index (χ0) is 9.61. The highest BCUT2D eigenvalue weighted by Gasteiger charge is 2.09. The van der Waals surface area contributed by atoms with Gasteiger partial charge in [-0.1, -0.05) is 13.5 Å². The van der Waals surface area contributed by atoms with E-state index in [0.717, 1.165) is 0 Å². The second-order valence-corrected chi connectivity index (χ2v) is 3.78. The molecule has 0 aromatic carbocycles. The molecular formula is C6H11NO4S. The summed E-state index contributed by atoms with van der Waals surface area (Å²) in [5.74, 6) is -0.0911. The molecule has 0 aromatic rings. The molecule has 6 heteroatoms. The first-order valence-corrected chi connectivity index (χ1v) is 4.91. The van der Waals surface area contributed by atoms with Gasteiger partial charge < -0.3 is 0 Å². The lowest BCUT2D eigenvalue weighted by atomic mass is 10.6. The Morgan fingerprint density at radius 2 is 2.25 bits per heavy atom. The summed E-state index contributed by atoms with van der Waals surface area (Å²) in [5.41, 5.74) is 1.78. The Balaban J connectivity index is 3.92. The molecule has 0 saturated heterocycles. The van der Waals surface area contributed by atoms with Gasteiger partial charge >= 0.3 is 0 Å². The van der Waals surface area contributed by atoms with Crippen molar-refractivity contribution in [3.8, 4) is 0 Å². The molecule has 0 unspecified atom stereocenters. The Kier molecular flexibility index (Phi) is 4.53. The highest BCUT2D eigenvalue weighted by molar-refractivity contribution is 7.86. The third-order valence-electron chi connectivity index (χ3n) is 0.896. The first kappa shape index (κ1) is 11.1. The number of carbonyl (C=O) groups excluding carboxylic acids is 1. The lowest BCUT2D eigenvalue weighted by Crippen LogP contribution is -2.21. The summed E-state index contributed by atoms with van der Waals surface area (Å²) in [5, 5.41) is 0. The summed E-state index contributed by atoms with van der Waals surface area (Å²) in [6.07, 6.45) is 0.818. The van der Waals surface area contributed by atoms with Gasteiger partial charge in [0.1, 0.15) is 0 Å². The zero-order valence-electron chi connectivity index (χ0n) is 6.74. The molecule has 1 N–H and O–H groups in total. The van der Waals surface area contributed by atoms with Crippen LogP contribution in [0, 0.1) is 0 Å². The molecule has 0 bridgehead atoms. The second kappa shape index (κ2) is 4.89. The number of hydrogen-bond donors (Lipinski definition) is 1. The van der Waals surface area contributed by atoms with Crippen LogP contribution in [0.3, 0.4) is 0 Å². The van der Waals surface area contributed by atoms with Crippen molar-refractivity contribution in [2.75, 3.05) is 5.75 Å². The molecule has 0 fully saturated rings. The fourth-order valence-corrected chi connectivity index (χ4v) is 1.25. The minimum Gasteiger partial charge on any atom is -0.296 e. The van der Waals surface area contributed by atoms with Crippen LogP contribution in [-0.4, -0.2) is 20.5 Å². The molecule has 0 saturated carbocycles. The van der Waals surface area contributed by atoms with E-state index in [1.165, 1.54) is 0 Å². The molecule has 0 amide bonds.